The zero-order valence-corrected chi connectivity index (χ0v) is 15.0. The predicted octanol–water partition coefficient (Wildman–Crippen LogP) is 4.49. The molecule has 0 bridgehead atoms. The van der Waals surface area contributed by atoms with Crippen LogP contribution in [0, 0.1) is 0 Å². The van der Waals surface area contributed by atoms with E-state index in [9.17, 15) is 9.59 Å². The van der Waals surface area contributed by atoms with Crippen LogP contribution in [0.1, 0.15) is 27.5 Å². The van der Waals surface area contributed by atoms with Crippen molar-refractivity contribution >= 4 is 35.4 Å². The maximum atomic E-state index is 12.2. The number of aromatic nitrogens is 1. The van der Waals surface area contributed by atoms with E-state index in [1.54, 1.807) is 54.6 Å². The standard InChI is InChI=1S/C20H14Cl2N2O2/c21-14-6-2-7-15(22)18(14)19(20(23)26)17-9-3-8-16(24-17)13-5-1-4-12(10-13)11-25/h1-11,19H,(H2,23,26). The molecule has 6 heteroatoms. The molecule has 0 saturated heterocycles. The van der Waals surface area contributed by atoms with Crippen molar-refractivity contribution in [3.8, 4) is 11.3 Å². The highest BCUT2D eigenvalue weighted by molar-refractivity contribution is 6.36. The molecule has 0 saturated carbocycles. The van der Waals surface area contributed by atoms with Gasteiger partial charge in [-0.2, -0.15) is 0 Å². The molecule has 130 valence electrons. The number of nitrogens with zero attached hydrogens (tertiary/aromatic N) is 1. The SMILES string of the molecule is NC(=O)C(c1cccc(-c2cccc(C=O)c2)n1)c1c(Cl)cccc1Cl. The summed E-state index contributed by atoms with van der Waals surface area (Å²) in [6.07, 6.45) is 0.767. The van der Waals surface area contributed by atoms with Gasteiger partial charge in [-0.25, -0.2) is 0 Å². The molecule has 1 heterocycles. The molecule has 1 amide bonds. The van der Waals surface area contributed by atoms with E-state index in [0.29, 0.717) is 32.6 Å². The number of halogens is 2. The second kappa shape index (κ2) is 7.68. The van der Waals surface area contributed by atoms with Crippen molar-refractivity contribution in [3.63, 3.8) is 0 Å². The number of aldehydes is 1. The molecular formula is C20H14Cl2N2O2. The number of hydrogen-bond acceptors (Lipinski definition) is 3. The Kier molecular flexibility index (Phi) is 5.35. The molecule has 1 unspecified atom stereocenters. The fourth-order valence-electron chi connectivity index (χ4n) is 2.77. The first kappa shape index (κ1) is 18.1. The molecule has 26 heavy (non-hydrogen) atoms. The minimum absolute atomic E-state index is 0.344. The van der Waals surface area contributed by atoms with Crippen LogP contribution < -0.4 is 5.73 Å². The van der Waals surface area contributed by atoms with Gasteiger partial charge in [-0.15, -0.1) is 0 Å². The maximum absolute atomic E-state index is 12.2. The number of amides is 1. The first-order chi connectivity index (χ1) is 12.5. The Labute approximate surface area is 160 Å². The van der Waals surface area contributed by atoms with Crippen molar-refractivity contribution in [1.29, 1.82) is 0 Å². The molecule has 3 aromatic rings. The van der Waals surface area contributed by atoms with E-state index in [1.165, 1.54) is 0 Å². The van der Waals surface area contributed by atoms with Crippen molar-refractivity contribution in [2.45, 2.75) is 5.92 Å². The first-order valence-electron chi connectivity index (χ1n) is 7.77. The van der Waals surface area contributed by atoms with Crippen molar-refractivity contribution in [2.75, 3.05) is 0 Å². The van der Waals surface area contributed by atoms with Gasteiger partial charge in [0.25, 0.3) is 0 Å². The van der Waals surface area contributed by atoms with Gasteiger partial charge in [0.15, 0.2) is 0 Å². The van der Waals surface area contributed by atoms with Gasteiger partial charge < -0.3 is 5.73 Å². The summed E-state index contributed by atoms with van der Waals surface area (Å²) in [5.41, 5.74) is 8.39. The van der Waals surface area contributed by atoms with Crippen LogP contribution in [0.15, 0.2) is 60.7 Å². The Bertz CT molecular complexity index is 969. The van der Waals surface area contributed by atoms with Gasteiger partial charge in [-0.1, -0.05) is 53.5 Å². The maximum Gasteiger partial charge on any atom is 0.231 e. The number of primary amides is 1. The van der Waals surface area contributed by atoms with Crippen molar-refractivity contribution in [3.05, 3.63) is 87.5 Å². The van der Waals surface area contributed by atoms with Crippen molar-refractivity contribution < 1.29 is 9.59 Å². The minimum atomic E-state index is -0.884. The second-order valence-corrected chi connectivity index (χ2v) is 6.48. The Hall–Kier alpha value is -2.69. The monoisotopic (exact) mass is 384 g/mol. The summed E-state index contributed by atoms with van der Waals surface area (Å²) in [5.74, 6) is -1.49. The number of benzene rings is 2. The number of hydrogen-bond donors (Lipinski definition) is 1. The van der Waals surface area contributed by atoms with Crippen LogP contribution in [-0.2, 0) is 4.79 Å². The third-order valence-electron chi connectivity index (χ3n) is 3.96. The van der Waals surface area contributed by atoms with Crippen LogP contribution in [0.25, 0.3) is 11.3 Å². The van der Waals surface area contributed by atoms with Gasteiger partial charge in [-0.05, 0) is 30.3 Å². The van der Waals surface area contributed by atoms with Crippen LogP contribution in [0.4, 0.5) is 0 Å². The van der Waals surface area contributed by atoms with Gasteiger partial charge in [0.05, 0.1) is 11.4 Å². The average Bonchev–Trinajstić information content (AvgIpc) is 2.64. The number of carbonyl (C=O) groups excluding carboxylic acids is 2. The Morgan fingerprint density at radius 1 is 1.00 bits per heavy atom. The lowest BCUT2D eigenvalue weighted by atomic mass is 9.93. The third kappa shape index (κ3) is 3.62. The molecular weight excluding hydrogens is 371 g/mol. The first-order valence-corrected chi connectivity index (χ1v) is 8.52. The molecule has 0 spiro atoms. The fourth-order valence-corrected chi connectivity index (χ4v) is 3.38. The summed E-state index contributed by atoms with van der Waals surface area (Å²) in [4.78, 5) is 27.7. The zero-order valence-electron chi connectivity index (χ0n) is 13.5. The van der Waals surface area contributed by atoms with Crippen LogP contribution in [0.5, 0.6) is 0 Å². The van der Waals surface area contributed by atoms with Crippen molar-refractivity contribution in [1.82, 2.24) is 4.98 Å². The summed E-state index contributed by atoms with van der Waals surface area (Å²) >= 11 is 12.5. The average molecular weight is 385 g/mol. The van der Waals surface area contributed by atoms with Gasteiger partial charge in [-0.3, -0.25) is 14.6 Å². The summed E-state index contributed by atoms with van der Waals surface area (Å²) in [7, 11) is 0. The smallest absolute Gasteiger partial charge is 0.231 e. The normalized spacial score (nSPS) is 11.8. The highest BCUT2D eigenvalue weighted by atomic mass is 35.5. The summed E-state index contributed by atoms with van der Waals surface area (Å²) in [6, 6.07) is 17.3. The lowest BCUT2D eigenvalue weighted by molar-refractivity contribution is -0.118. The van der Waals surface area contributed by atoms with E-state index in [4.69, 9.17) is 28.9 Å². The molecule has 0 radical (unpaired) electrons. The highest BCUT2D eigenvalue weighted by Gasteiger charge is 2.26. The molecule has 1 atom stereocenters. The number of nitrogens with two attached hydrogens (primary N) is 1. The second-order valence-electron chi connectivity index (χ2n) is 5.66. The summed E-state index contributed by atoms with van der Waals surface area (Å²) in [6.45, 7) is 0. The van der Waals surface area contributed by atoms with Crippen LogP contribution in [-0.4, -0.2) is 17.2 Å². The molecule has 1 aromatic heterocycles. The van der Waals surface area contributed by atoms with Crippen LogP contribution >= 0.6 is 23.2 Å². The molecule has 0 aliphatic carbocycles. The highest BCUT2D eigenvalue weighted by Crippen LogP contribution is 2.35. The summed E-state index contributed by atoms with van der Waals surface area (Å²) < 4.78 is 0. The van der Waals surface area contributed by atoms with E-state index in [0.717, 1.165) is 11.8 Å². The molecule has 0 fully saturated rings. The van der Waals surface area contributed by atoms with Gasteiger partial charge in [0.1, 0.15) is 12.2 Å². The molecule has 0 aliphatic heterocycles. The van der Waals surface area contributed by atoms with E-state index >= 15 is 0 Å². The third-order valence-corrected chi connectivity index (χ3v) is 4.62. The van der Waals surface area contributed by atoms with Crippen LogP contribution in [0.2, 0.25) is 10.0 Å². The number of rotatable bonds is 5. The Morgan fingerprint density at radius 2 is 1.65 bits per heavy atom. The number of pyridine rings is 1. The molecule has 4 nitrogen and oxygen atoms in total. The molecule has 2 N–H and O–H groups in total. The Balaban J connectivity index is 2.12. The van der Waals surface area contributed by atoms with Crippen molar-refractivity contribution in [2.24, 2.45) is 5.73 Å². The largest absolute Gasteiger partial charge is 0.369 e. The predicted molar refractivity (Wildman–Crippen MR) is 103 cm³/mol. The quantitative estimate of drug-likeness (QED) is 0.658. The Morgan fingerprint density at radius 3 is 2.31 bits per heavy atom. The zero-order chi connectivity index (χ0) is 18.7. The van der Waals surface area contributed by atoms with Gasteiger partial charge in [0.2, 0.25) is 5.91 Å². The topological polar surface area (TPSA) is 73.1 Å². The van der Waals surface area contributed by atoms with Gasteiger partial charge >= 0.3 is 0 Å². The summed E-state index contributed by atoms with van der Waals surface area (Å²) in [5, 5.41) is 0.688. The van der Waals surface area contributed by atoms with Crippen LogP contribution in [0.3, 0.4) is 0 Å². The molecule has 3 rings (SSSR count). The van der Waals surface area contributed by atoms with E-state index < -0.39 is 11.8 Å². The lowest BCUT2D eigenvalue weighted by Crippen LogP contribution is -2.24. The minimum Gasteiger partial charge on any atom is -0.369 e. The lowest BCUT2D eigenvalue weighted by Gasteiger charge is -2.17. The molecule has 0 aliphatic rings. The number of carbonyl (C=O) groups is 2. The van der Waals surface area contributed by atoms with E-state index in [-0.39, 0.29) is 0 Å². The van der Waals surface area contributed by atoms with Gasteiger partial charge in [0, 0.05) is 26.7 Å². The fraction of sp³-hybridized carbons (Fsp3) is 0.0500. The van der Waals surface area contributed by atoms with E-state index in [1.807, 2.05) is 6.07 Å². The van der Waals surface area contributed by atoms with E-state index in [2.05, 4.69) is 4.98 Å². The molecule has 2 aromatic carbocycles.